The van der Waals surface area contributed by atoms with Crippen LogP contribution in [-0.4, -0.2) is 50.2 Å². The van der Waals surface area contributed by atoms with Crippen LogP contribution in [0.5, 0.6) is 5.88 Å². The lowest BCUT2D eigenvalue weighted by Crippen LogP contribution is -2.43. The second kappa shape index (κ2) is 6.51. The molecule has 0 bridgehead atoms. The van der Waals surface area contributed by atoms with Gasteiger partial charge in [-0.3, -0.25) is 5.41 Å². The van der Waals surface area contributed by atoms with E-state index in [0.29, 0.717) is 12.3 Å². The largest absolute Gasteiger partial charge is 0.478 e. The molecule has 0 aliphatic heterocycles. The van der Waals surface area contributed by atoms with Gasteiger partial charge in [0.25, 0.3) is 0 Å². The first-order valence-electron chi connectivity index (χ1n) is 8.91. The molecule has 9 heteroatoms. The highest BCUT2D eigenvalue weighted by molar-refractivity contribution is 6.87. The van der Waals surface area contributed by atoms with Crippen LogP contribution in [0.25, 0.3) is 11.2 Å². The number of ether oxygens (including phenoxy) is 1. The minimum atomic E-state index is -1.86. The van der Waals surface area contributed by atoms with Crippen molar-refractivity contribution in [3.63, 3.8) is 0 Å². The van der Waals surface area contributed by atoms with Crippen LogP contribution < -0.4 is 15.8 Å². The molecule has 25 heavy (non-hydrogen) atoms. The highest BCUT2D eigenvalue weighted by Gasteiger charge is 2.28. The van der Waals surface area contributed by atoms with Gasteiger partial charge in [0.1, 0.15) is 13.6 Å². The molecule has 0 saturated heterocycles. The Balaban J connectivity index is 2.63. The van der Waals surface area contributed by atoms with Crippen LogP contribution in [0.4, 0.5) is 0 Å². The number of fused-ring (bicyclic) bond motifs is 1. The number of aromatic amines is 1. The molecular weight excluding hydrogens is 362 g/mol. The summed E-state index contributed by atoms with van der Waals surface area (Å²) in [5.41, 5.74) is 2.73. The van der Waals surface area contributed by atoms with E-state index in [-0.39, 0.29) is 5.62 Å². The summed E-state index contributed by atoms with van der Waals surface area (Å²) in [6, 6.07) is 1.09. The minimum absolute atomic E-state index is 0.253. The molecule has 2 heterocycles. The van der Waals surface area contributed by atoms with E-state index < -0.39 is 24.4 Å². The number of H-pyrrole nitrogens is 1. The Morgan fingerprint density at radius 2 is 1.60 bits per heavy atom. The number of hydrogen-bond donors (Lipinski definition) is 2. The standard InChI is InChI=1S/C16H33N5OSi3/c1-23(2,3)11-10-22-14-12-13(20-16(18-12)24(4,5)6)19-15(17)21(14)25(7,8)9/h10-11H2,1-9H3,(H2,17,18,19,20). The Morgan fingerprint density at radius 1 is 1.00 bits per heavy atom. The van der Waals surface area contributed by atoms with Crippen LogP contribution in [0.2, 0.25) is 65.0 Å². The fourth-order valence-corrected chi connectivity index (χ4v) is 5.65. The summed E-state index contributed by atoms with van der Waals surface area (Å²) in [4.78, 5) is 12.6. The first kappa shape index (κ1) is 20.1. The maximum Gasteiger partial charge on any atom is 0.218 e. The van der Waals surface area contributed by atoms with Gasteiger partial charge in [0.2, 0.25) is 11.5 Å². The fraction of sp³-hybridized carbons (Fsp3) is 0.688. The third kappa shape index (κ3) is 4.70. The Morgan fingerprint density at radius 3 is 2.08 bits per heavy atom. The van der Waals surface area contributed by atoms with E-state index in [9.17, 15) is 0 Å². The first-order chi connectivity index (χ1) is 11.2. The third-order valence-corrected chi connectivity index (χ3v) is 9.12. The molecule has 0 spiro atoms. The molecule has 0 saturated carbocycles. The van der Waals surface area contributed by atoms with Gasteiger partial charge in [0, 0.05) is 8.07 Å². The van der Waals surface area contributed by atoms with E-state index in [0.717, 1.165) is 22.9 Å². The van der Waals surface area contributed by atoms with Crippen molar-refractivity contribution in [1.82, 2.24) is 19.2 Å². The molecule has 140 valence electrons. The van der Waals surface area contributed by atoms with E-state index in [1.165, 1.54) is 0 Å². The fourth-order valence-electron chi connectivity index (χ4n) is 2.52. The average molecular weight is 396 g/mol. The molecule has 0 aliphatic carbocycles. The number of rotatable bonds is 6. The lowest BCUT2D eigenvalue weighted by Gasteiger charge is -2.25. The summed E-state index contributed by atoms with van der Waals surface area (Å²) in [5, 5.41) is 8.45. The zero-order valence-corrected chi connectivity index (χ0v) is 20.2. The lowest BCUT2D eigenvalue weighted by molar-refractivity contribution is 0.320. The lowest BCUT2D eigenvalue weighted by atomic mass is 10.5. The molecule has 0 atom stereocenters. The van der Waals surface area contributed by atoms with Crippen LogP contribution in [0.15, 0.2) is 0 Å². The molecule has 2 aromatic rings. The Kier molecular flexibility index (Phi) is 5.24. The molecule has 0 aliphatic rings. The van der Waals surface area contributed by atoms with Gasteiger partial charge in [-0.15, -0.1) is 0 Å². The van der Waals surface area contributed by atoms with Gasteiger partial charge in [-0.1, -0.05) is 58.9 Å². The molecule has 0 fully saturated rings. The molecule has 6 nitrogen and oxygen atoms in total. The van der Waals surface area contributed by atoms with E-state index >= 15 is 0 Å². The Bertz CT molecular complexity index is 822. The SMILES string of the molecule is C[Si](C)(C)CCOc1c2[nH]c([Si](C)(C)C)nc2nc(=N)n1[Si](C)(C)C. The van der Waals surface area contributed by atoms with Crippen LogP contribution in [0.3, 0.4) is 0 Å². The van der Waals surface area contributed by atoms with Crippen LogP contribution in [0, 0.1) is 5.41 Å². The van der Waals surface area contributed by atoms with Gasteiger partial charge in [0.15, 0.2) is 13.9 Å². The summed E-state index contributed by atoms with van der Waals surface area (Å²) >= 11 is 0. The molecule has 0 amide bonds. The van der Waals surface area contributed by atoms with E-state index in [4.69, 9.17) is 15.1 Å². The van der Waals surface area contributed by atoms with Gasteiger partial charge < -0.3 is 14.0 Å². The quantitative estimate of drug-likeness (QED) is 0.737. The zero-order valence-electron chi connectivity index (χ0n) is 17.2. The number of nitrogens with one attached hydrogen (secondary N) is 2. The number of imidazole rings is 1. The van der Waals surface area contributed by atoms with Gasteiger partial charge >= 0.3 is 0 Å². The molecule has 0 aromatic carbocycles. The number of nitrogens with zero attached hydrogens (tertiary/aromatic N) is 3. The second-order valence-corrected chi connectivity index (χ2v) is 25.3. The van der Waals surface area contributed by atoms with Crippen molar-refractivity contribution in [2.45, 2.75) is 65.0 Å². The van der Waals surface area contributed by atoms with Gasteiger partial charge in [-0.05, 0) is 6.04 Å². The highest BCUT2D eigenvalue weighted by atomic mass is 28.3. The van der Waals surface area contributed by atoms with Crippen LogP contribution >= 0.6 is 0 Å². The van der Waals surface area contributed by atoms with Crippen molar-refractivity contribution in [3.05, 3.63) is 5.62 Å². The molecule has 2 aromatic heterocycles. The Hall–Kier alpha value is -1.20. The van der Waals surface area contributed by atoms with Gasteiger partial charge in [-0.2, -0.15) is 4.98 Å². The van der Waals surface area contributed by atoms with E-state index in [1.807, 2.05) is 4.23 Å². The highest BCUT2D eigenvalue weighted by Crippen LogP contribution is 2.24. The van der Waals surface area contributed by atoms with E-state index in [1.54, 1.807) is 0 Å². The summed E-state index contributed by atoms with van der Waals surface area (Å²) in [6.45, 7) is 21.1. The number of hydrogen-bond acceptors (Lipinski definition) is 4. The molecule has 0 unspecified atom stereocenters. The van der Waals surface area contributed by atoms with Crippen molar-refractivity contribution in [2.75, 3.05) is 6.61 Å². The zero-order chi connectivity index (χ0) is 19.2. The smallest absolute Gasteiger partial charge is 0.218 e. The second-order valence-electron chi connectivity index (χ2n) is 9.94. The van der Waals surface area contributed by atoms with Crippen LogP contribution in [0.1, 0.15) is 0 Å². The maximum absolute atomic E-state index is 8.45. The molecular formula is C16H33N5OSi3. The van der Waals surface area contributed by atoms with Crippen molar-refractivity contribution >= 4 is 41.0 Å². The third-order valence-electron chi connectivity index (χ3n) is 4.00. The predicted octanol–water partition coefficient (Wildman–Crippen LogP) is 3.18. The van der Waals surface area contributed by atoms with Crippen molar-refractivity contribution < 1.29 is 4.74 Å². The van der Waals surface area contributed by atoms with Crippen molar-refractivity contribution in [2.24, 2.45) is 0 Å². The number of aromatic nitrogens is 4. The normalized spacial score (nSPS) is 13.5. The monoisotopic (exact) mass is 395 g/mol. The molecule has 0 radical (unpaired) electrons. The van der Waals surface area contributed by atoms with Crippen molar-refractivity contribution in [1.29, 1.82) is 5.41 Å². The summed E-state index contributed by atoms with van der Waals surface area (Å²) < 4.78 is 8.28. The predicted molar refractivity (Wildman–Crippen MR) is 113 cm³/mol. The maximum atomic E-state index is 8.45. The van der Waals surface area contributed by atoms with E-state index in [2.05, 4.69) is 68.9 Å². The van der Waals surface area contributed by atoms with Crippen LogP contribution in [-0.2, 0) is 0 Å². The summed E-state index contributed by atoms with van der Waals surface area (Å²) in [5.74, 6) is 0.754. The molecule has 2 N–H and O–H groups in total. The minimum Gasteiger partial charge on any atom is -0.478 e. The Labute approximate surface area is 153 Å². The first-order valence-corrected chi connectivity index (χ1v) is 19.6. The topological polar surface area (TPSA) is 79.6 Å². The van der Waals surface area contributed by atoms with Gasteiger partial charge in [-0.25, -0.2) is 4.98 Å². The summed E-state index contributed by atoms with van der Waals surface area (Å²) in [6.07, 6.45) is 0. The summed E-state index contributed by atoms with van der Waals surface area (Å²) in [7, 11) is -4.64. The average Bonchev–Trinajstić information content (AvgIpc) is 2.78. The molecule has 2 rings (SSSR count). The van der Waals surface area contributed by atoms with Gasteiger partial charge in [0.05, 0.1) is 12.1 Å². The van der Waals surface area contributed by atoms with Crippen molar-refractivity contribution in [3.8, 4) is 5.88 Å².